The molecule has 0 atom stereocenters. The van der Waals surface area contributed by atoms with Crippen molar-refractivity contribution in [3.05, 3.63) is 202 Å². The van der Waals surface area contributed by atoms with Gasteiger partial charge >= 0.3 is 0 Å². The number of piperidine rings is 2. The summed E-state index contributed by atoms with van der Waals surface area (Å²) in [6.07, 6.45) is 2.28. The lowest BCUT2D eigenvalue weighted by Gasteiger charge is -2.42. The third kappa shape index (κ3) is 6.26. The summed E-state index contributed by atoms with van der Waals surface area (Å²) in [5.74, 6) is -1.05. The van der Waals surface area contributed by atoms with Crippen molar-refractivity contribution in [2.24, 2.45) is 0 Å². The van der Waals surface area contributed by atoms with Crippen LogP contribution >= 0.6 is 0 Å². The summed E-state index contributed by atoms with van der Waals surface area (Å²) in [5.41, 5.74) is 3.90. The SMILES string of the molecule is O=C1c2ccc(S(=O)(=O)N3CCC(c4ccccc4)(c4ccccc4)CC3)cc2C(=O)c2ccc(S(=O)(=O)N3CCC(c4ccccc4)(c4ccccc4)CC3)cc21. The van der Waals surface area contributed by atoms with Crippen molar-refractivity contribution < 1.29 is 26.4 Å². The minimum atomic E-state index is -4.03. The first-order valence-corrected chi connectivity index (χ1v) is 22.5. The third-order valence-corrected chi connectivity index (χ3v) is 16.5. The lowest BCUT2D eigenvalue weighted by atomic mass is 9.68. The number of benzene rings is 6. The molecule has 0 spiro atoms. The van der Waals surface area contributed by atoms with Crippen LogP contribution in [0.25, 0.3) is 0 Å². The molecule has 2 fully saturated rings. The molecule has 0 amide bonds. The predicted molar refractivity (Wildman–Crippen MR) is 223 cm³/mol. The average molecular weight is 807 g/mol. The van der Waals surface area contributed by atoms with Gasteiger partial charge in [0.2, 0.25) is 20.0 Å². The lowest BCUT2D eigenvalue weighted by molar-refractivity contribution is 0.0978. The highest BCUT2D eigenvalue weighted by Crippen LogP contribution is 2.44. The first-order chi connectivity index (χ1) is 28.0. The van der Waals surface area contributed by atoms with E-state index >= 15 is 0 Å². The van der Waals surface area contributed by atoms with Gasteiger partial charge in [-0.05, 0) is 84.3 Å². The Hall–Kier alpha value is -5.52. The van der Waals surface area contributed by atoms with Gasteiger partial charge in [0.25, 0.3) is 0 Å². The van der Waals surface area contributed by atoms with Crippen molar-refractivity contribution in [1.29, 1.82) is 0 Å². The lowest BCUT2D eigenvalue weighted by Crippen LogP contribution is -2.45. The van der Waals surface area contributed by atoms with Crippen LogP contribution in [-0.4, -0.2) is 63.2 Å². The van der Waals surface area contributed by atoms with Crippen LogP contribution < -0.4 is 0 Å². The smallest absolute Gasteiger partial charge is 0.243 e. The molecule has 6 aromatic rings. The van der Waals surface area contributed by atoms with Gasteiger partial charge in [-0.3, -0.25) is 9.59 Å². The molecule has 0 saturated carbocycles. The molecule has 0 bridgehead atoms. The zero-order valence-electron chi connectivity index (χ0n) is 31.8. The van der Waals surface area contributed by atoms with Gasteiger partial charge in [-0.1, -0.05) is 121 Å². The highest BCUT2D eigenvalue weighted by Gasteiger charge is 2.43. The van der Waals surface area contributed by atoms with E-state index in [1.165, 1.54) is 45.0 Å². The van der Waals surface area contributed by atoms with E-state index in [1.807, 2.05) is 72.8 Å². The molecular weight excluding hydrogens is 765 g/mol. The van der Waals surface area contributed by atoms with Crippen LogP contribution in [0.3, 0.4) is 0 Å². The highest BCUT2D eigenvalue weighted by atomic mass is 32.2. The maximum absolute atomic E-state index is 14.2. The molecule has 6 aromatic carbocycles. The number of carbonyl (C=O) groups excluding carboxylic acids is 2. The van der Waals surface area contributed by atoms with Gasteiger partial charge in [0.05, 0.1) is 9.79 Å². The molecule has 0 radical (unpaired) electrons. The fourth-order valence-electron chi connectivity index (χ4n) is 9.46. The Morgan fingerprint density at radius 1 is 0.362 bits per heavy atom. The summed E-state index contributed by atoms with van der Waals surface area (Å²) in [7, 11) is -8.05. The minimum Gasteiger partial charge on any atom is -0.289 e. The number of nitrogens with zero attached hydrogens (tertiary/aromatic N) is 2. The van der Waals surface area contributed by atoms with E-state index in [0.29, 0.717) is 25.7 Å². The molecular formula is C48H42N2O6S2. The van der Waals surface area contributed by atoms with Crippen molar-refractivity contribution in [3.8, 4) is 0 Å². The molecule has 0 N–H and O–H groups in total. The van der Waals surface area contributed by atoms with E-state index in [9.17, 15) is 26.4 Å². The van der Waals surface area contributed by atoms with Crippen molar-refractivity contribution in [1.82, 2.24) is 8.61 Å². The Morgan fingerprint density at radius 2 is 0.638 bits per heavy atom. The van der Waals surface area contributed by atoms with Gasteiger partial charge in [0.15, 0.2) is 11.6 Å². The third-order valence-electron chi connectivity index (χ3n) is 12.7. The van der Waals surface area contributed by atoms with Gasteiger partial charge < -0.3 is 0 Å². The number of carbonyl (C=O) groups is 2. The summed E-state index contributed by atoms with van der Waals surface area (Å²) < 4.78 is 59.5. The molecule has 1 aliphatic carbocycles. The molecule has 10 heteroatoms. The zero-order valence-corrected chi connectivity index (χ0v) is 33.5. The molecule has 2 aliphatic heterocycles. The Morgan fingerprint density at radius 3 is 0.914 bits per heavy atom. The van der Waals surface area contributed by atoms with E-state index < -0.39 is 31.6 Å². The van der Waals surface area contributed by atoms with E-state index in [4.69, 9.17) is 0 Å². The molecule has 58 heavy (non-hydrogen) atoms. The Bertz CT molecular complexity index is 2470. The van der Waals surface area contributed by atoms with Crippen LogP contribution in [0.2, 0.25) is 0 Å². The number of ketones is 2. The maximum atomic E-state index is 14.2. The number of hydrogen-bond acceptors (Lipinski definition) is 6. The minimum absolute atomic E-state index is 0.0108. The fraction of sp³-hybridized carbons (Fsp3) is 0.208. The molecule has 2 saturated heterocycles. The quantitative estimate of drug-likeness (QED) is 0.154. The molecule has 292 valence electrons. The molecule has 8 nitrogen and oxygen atoms in total. The molecule has 2 heterocycles. The van der Waals surface area contributed by atoms with Crippen LogP contribution in [0.4, 0.5) is 0 Å². The highest BCUT2D eigenvalue weighted by molar-refractivity contribution is 7.89. The number of rotatable bonds is 8. The van der Waals surface area contributed by atoms with Crippen LogP contribution in [0.5, 0.6) is 0 Å². The van der Waals surface area contributed by atoms with Gasteiger partial charge in [0, 0.05) is 59.3 Å². The normalized spacial score (nSPS) is 18.3. The van der Waals surface area contributed by atoms with Crippen LogP contribution in [0.1, 0.15) is 79.8 Å². The van der Waals surface area contributed by atoms with Crippen molar-refractivity contribution in [2.75, 3.05) is 26.2 Å². The first kappa shape index (κ1) is 38.0. The fourth-order valence-corrected chi connectivity index (χ4v) is 12.4. The van der Waals surface area contributed by atoms with Crippen molar-refractivity contribution >= 4 is 31.6 Å². The van der Waals surface area contributed by atoms with E-state index in [-0.39, 0.29) is 69.1 Å². The topological polar surface area (TPSA) is 109 Å². The summed E-state index contributed by atoms with van der Waals surface area (Å²) >= 11 is 0. The van der Waals surface area contributed by atoms with E-state index in [2.05, 4.69) is 48.5 Å². The Labute approximate surface area is 339 Å². The van der Waals surface area contributed by atoms with Crippen LogP contribution in [-0.2, 0) is 30.9 Å². The second-order valence-electron chi connectivity index (χ2n) is 15.5. The second kappa shape index (κ2) is 14.7. The molecule has 0 aromatic heterocycles. The maximum Gasteiger partial charge on any atom is 0.243 e. The van der Waals surface area contributed by atoms with Gasteiger partial charge in [0.1, 0.15) is 0 Å². The largest absolute Gasteiger partial charge is 0.289 e. The Kier molecular flexibility index (Phi) is 9.63. The van der Waals surface area contributed by atoms with E-state index in [0.717, 1.165) is 22.3 Å². The van der Waals surface area contributed by atoms with Crippen LogP contribution in [0, 0.1) is 0 Å². The number of sulfonamides is 2. The van der Waals surface area contributed by atoms with Crippen molar-refractivity contribution in [2.45, 2.75) is 46.3 Å². The molecule has 0 unspecified atom stereocenters. The summed E-state index contributed by atoms with van der Waals surface area (Å²) in [4.78, 5) is 27.9. The average Bonchev–Trinajstić information content (AvgIpc) is 3.29. The zero-order chi connectivity index (χ0) is 40.1. The monoisotopic (exact) mass is 806 g/mol. The summed E-state index contributed by atoms with van der Waals surface area (Å²) in [6, 6.07) is 48.8. The van der Waals surface area contributed by atoms with Crippen LogP contribution in [0.15, 0.2) is 168 Å². The Balaban J connectivity index is 0.951. The summed E-state index contributed by atoms with van der Waals surface area (Å²) in [6.45, 7) is 1.08. The van der Waals surface area contributed by atoms with E-state index in [1.54, 1.807) is 0 Å². The standard InChI is InChI=1S/C48H42N2O6S2/c51-45-42-24-22-40(58(55,56)50-31-27-48(28-32-50,37-17-9-3-10-18-37)38-19-11-4-12-20-38)34-44(42)46(52)41-23-21-39(33-43(41)45)57(53,54)49-29-25-47(26-30-49,35-13-5-1-6-14-35)36-15-7-2-8-16-36/h1-24,33-34H,25-32H2. The van der Waals surface area contributed by atoms with Gasteiger partial charge in [-0.15, -0.1) is 0 Å². The second-order valence-corrected chi connectivity index (χ2v) is 19.4. The van der Waals surface area contributed by atoms with Crippen molar-refractivity contribution in [3.63, 3.8) is 0 Å². The molecule has 9 rings (SSSR count). The number of hydrogen-bond donors (Lipinski definition) is 0. The van der Waals surface area contributed by atoms with Gasteiger partial charge in [-0.2, -0.15) is 8.61 Å². The first-order valence-electron chi connectivity index (χ1n) is 19.6. The number of fused-ring (bicyclic) bond motifs is 2. The molecule has 3 aliphatic rings. The van der Waals surface area contributed by atoms with Gasteiger partial charge in [-0.25, -0.2) is 16.8 Å². The predicted octanol–water partition coefficient (Wildman–Crippen LogP) is 8.00. The summed E-state index contributed by atoms with van der Waals surface area (Å²) in [5, 5.41) is 0.